The summed E-state index contributed by atoms with van der Waals surface area (Å²) in [5.74, 6) is 0. The van der Waals surface area contributed by atoms with Crippen molar-refractivity contribution >= 4 is 17.6 Å². The summed E-state index contributed by atoms with van der Waals surface area (Å²) < 4.78 is 5.94. The minimum atomic E-state index is -0.333. The van der Waals surface area contributed by atoms with Gasteiger partial charge in [-0.1, -0.05) is 29.8 Å². The van der Waals surface area contributed by atoms with E-state index in [2.05, 4.69) is 22.2 Å². The monoisotopic (exact) mass is 430 g/mol. The van der Waals surface area contributed by atoms with E-state index in [9.17, 15) is 4.79 Å². The summed E-state index contributed by atoms with van der Waals surface area (Å²) in [6.45, 7) is 4.75. The van der Waals surface area contributed by atoms with E-state index in [1.807, 2.05) is 49.2 Å². The maximum Gasteiger partial charge on any atom is 0.317 e. The number of piperidine rings is 1. The highest BCUT2D eigenvalue weighted by molar-refractivity contribution is 6.32. The van der Waals surface area contributed by atoms with Crippen molar-refractivity contribution in [2.24, 2.45) is 0 Å². The van der Waals surface area contributed by atoms with Gasteiger partial charge in [0.05, 0.1) is 19.3 Å². The zero-order valence-corrected chi connectivity index (χ0v) is 18.7. The number of hydrogen-bond acceptors (Lipinski definition) is 4. The van der Waals surface area contributed by atoms with Crippen LogP contribution in [-0.2, 0) is 11.3 Å². The van der Waals surface area contributed by atoms with E-state index in [1.165, 1.54) is 0 Å². The Morgan fingerprint density at radius 2 is 2.00 bits per heavy atom. The Morgan fingerprint density at radius 1 is 1.30 bits per heavy atom. The van der Waals surface area contributed by atoms with Gasteiger partial charge >= 0.3 is 6.03 Å². The van der Waals surface area contributed by atoms with Crippen LogP contribution in [0, 0.1) is 6.92 Å². The minimum Gasteiger partial charge on any atom is -0.374 e. The lowest BCUT2D eigenvalue weighted by atomic mass is 10.0. The van der Waals surface area contributed by atoms with Gasteiger partial charge in [0.25, 0.3) is 0 Å². The van der Waals surface area contributed by atoms with Crippen LogP contribution in [0.25, 0.3) is 0 Å². The first kappa shape index (κ1) is 22.5. The first-order valence-corrected chi connectivity index (χ1v) is 10.8. The number of carbonyl (C=O) groups is 1. The summed E-state index contributed by atoms with van der Waals surface area (Å²) >= 11 is 6.58. The second-order valence-corrected chi connectivity index (χ2v) is 8.37. The van der Waals surface area contributed by atoms with Crippen LogP contribution < -0.4 is 5.32 Å². The molecule has 2 aromatic rings. The van der Waals surface area contributed by atoms with Crippen LogP contribution in [-0.4, -0.2) is 60.6 Å². The van der Waals surface area contributed by atoms with Gasteiger partial charge < -0.3 is 19.9 Å². The molecule has 3 rings (SSSR count). The summed E-state index contributed by atoms with van der Waals surface area (Å²) in [5.41, 5.74) is 2.89. The molecule has 0 radical (unpaired) electrons. The van der Waals surface area contributed by atoms with Gasteiger partial charge in [-0.2, -0.15) is 0 Å². The van der Waals surface area contributed by atoms with Crippen molar-refractivity contribution in [1.29, 1.82) is 0 Å². The molecule has 162 valence electrons. The summed E-state index contributed by atoms with van der Waals surface area (Å²) in [6, 6.07) is 9.52. The number of benzene rings is 1. The van der Waals surface area contributed by atoms with Gasteiger partial charge in [-0.15, -0.1) is 0 Å². The van der Waals surface area contributed by atoms with E-state index in [0.29, 0.717) is 18.2 Å². The van der Waals surface area contributed by atoms with Crippen molar-refractivity contribution in [3.63, 3.8) is 0 Å². The number of aromatic nitrogens is 1. The molecule has 1 unspecified atom stereocenters. The molecular weight excluding hydrogens is 400 g/mol. The lowest BCUT2D eigenvalue weighted by molar-refractivity contribution is 0.0946. The highest BCUT2D eigenvalue weighted by Crippen LogP contribution is 2.27. The van der Waals surface area contributed by atoms with Gasteiger partial charge in [0, 0.05) is 30.5 Å². The van der Waals surface area contributed by atoms with Crippen LogP contribution in [0.1, 0.15) is 35.6 Å². The Morgan fingerprint density at radius 3 is 2.70 bits per heavy atom. The molecular formula is C23H31ClN4O2. The van der Waals surface area contributed by atoms with Crippen molar-refractivity contribution in [1.82, 2.24) is 20.1 Å². The molecule has 1 saturated heterocycles. The Hall–Kier alpha value is -2.15. The third-order valence-electron chi connectivity index (χ3n) is 5.75. The van der Waals surface area contributed by atoms with Crippen LogP contribution in [0.4, 0.5) is 4.79 Å². The zero-order valence-electron chi connectivity index (χ0n) is 18.0. The number of aryl methyl sites for hydroxylation is 1. The smallest absolute Gasteiger partial charge is 0.317 e. The molecule has 6 nitrogen and oxygen atoms in total. The molecule has 2 heterocycles. The fourth-order valence-electron chi connectivity index (χ4n) is 3.72. The normalized spacial score (nSPS) is 16.3. The minimum absolute atomic E-state index is 0.0976. The predicted molar refractivity (Wildman–Crippen MR) is 120 cm³/mol. The van der Waals surface area contributed by atoms with E-state index < -0.39 is 0 Å². The maximum atomic E-state index is 13.0. The van der Waals surface area contributed by atoms with E-state index in [4.69, 9.17) is 16.3 Å². The number of pyridine rings is 1. The standard InChI is InChI=1S/C23H31ClN4O2/c1-17-5-4-6-20(22(17)24)21(16-30-15-18-7-11-25-12-8-18)26-23(29)28(3)19-9-13-27(2)14-10-19/h4-8,11-12,19,21H,9-10,13-16H2,1-3H3,(H,26,29). The number of likely N-dealkylation sites (tertiary alicyclic amines) is 1. The average molecular weight is 431 g/mol. The number of ether oxygens (including phenoxy) is 1. The van der Waals surface area contributed by atoms with Crippen LogP contribution in [0.15, 0.2) is 42.7 Å². The van der Waals surface area contributed by atoms with Crippen LogP contribution in [0.3, 0.4) is 0 Å². The molecule has 0 spiro atoms. The first-order valence-electron chi connectivity index (χ1n) is 10.4. The predicted octanol–water partition coefficient (Wildman–Crippen LogP) is 4.04. The molecule has 1 aromatic carbocycles. The molecule has 1 aliphatic rings. The molecule has 30 heavy (non-hydrogen) atoms. The Balaban J connectivity index is 1.68. The molecule has 2 amide bonds. The van der Waals surface area contributed by atoms with Crippen molar-refractivity contribution in [3.05, 3.63) is 64.4 Å². The first-order chi connectivity index (χ1) is 14.5. The largest absolute Gasteiger partial charge is 0.374 e. The Bertz CT molecular complexity index is 825. The fraction of sp³-hybridized carbons (Fsp3) is 0.478. The van der Waals surface area contributed by atoms with Crippen LogP contribution >= 0.6 is 11.6 Å². The Kier molecular flexibility index (Phi) is 8.08. The lowest BCUT2D eigenvalue weighted by Crippen LogP contribution is -2.49. The van der Waals surface area contributed by atoms with Crippen molar-refractivity contribution in [2.75, 3.05) is 33.8 Å². The zero-order chi connectivity index (χ0) is 21.5. The van der Waals surface area contributed by atoms with Gasteiger partial charge in [-0.05, 0) is 68.7 Å². The van der Waals surface area contributed by atoms with Crippen molar-refractivity contribution in [3.8, 4) is 0 Å². The third kappa shape index (κ3) is 5.94. The van der Waals surface area contributed by atoms with Gasteiger partial charge in [0.2, 0.25) is 0 Å². The quantitative estimate of drug-likeness (QED) is 0.720. The van der Waals surface area contributed by atoms with E-state index in [1.54, 1.807) is 12.4 Å². The second kappa shape index (κ2) is 10.8. The topological polar surface area (TPSA) is 57.7 Å². The third-order valence-corrected chi connectivity index (χ3v) is 6.27. The molecule has 0 saturated carbocycles. The SMILES string of the molecule is Cc1cccc(C(COCc2ccncc2)NC(=O)N(C)C2CCN(C)CC2)c1Cl. The van der Waals surface area contributed by atoms with E-state index in [-0.39, 0.29) is 18.1 Å². The molecule has 1 N–H and O–H groups in total. The summed E-state index contributed by atoms with van der Waals surface area (Å²) in [4.78, 5) is 21.2. The molecule has 1 aromatic heterocycles. The molecule has 1 fully saturated rings. The Labute approximate surface area is 184 Å². The molecule has 7 heteroatoms. The van der Waals surface area contributed by atoms with E-state index in [0.717, 1.165) is 42.6 Å². The van der Waals surface area contributed by atoms with Gasteiger partial charge in [-0.25, -0.2) is 4.79 Å². The number of urea groups is 1. The number of rotatable bonds is 7. The molecule has 0 bridgehead atoms. The summed E-state index contributed by atoms with van der Waals surface area (Å²) in [6.07, 6.45) is 5.45. The molecule has 1 atom stereocenters. The number of amides is 2. The summed E-state index contributed by atoms with van der Waals surface area (Å²) in [5, 5.41) is 3.81. The highest BCUT2D eigenvalue weighted by atomic mass is 35.5. The lowest BCUT2D eigenvalue weighted by Gasteiger charge is -2.36. The van der Waals surface area contributed by atoms with Gasteiger partial charge in [-0.3, -0.25) is 4.98 Å². The number of carbonyl (C=O) groups excluding carboxylic acids is 1. The van der Waals surface area contributed by atoms with Crippen molar-refractivity contribution < 1.29 is 9.53 Å². The highest BCUT2D eigenvalue weighted by Gasteiger charge is 2.26. The maximum absolute atomic E-state index is 13.0. The van der Waals surface area contributed by atoms with Gasteiger partial charge in [0.1, 0.15) is 0 Å². The number of nitrogens with zero attached hydrogens (tertiary/aromatic N) is 3. The number of hydrogen-bond donors (Lipinski definition) is 1. The summed E-state index contributed by atoms with van der Waals surface area (Å²) in [7, 11) is 3.99. The average Bonchev–Trinajstić information content (AvgIpc) is 2.76. The fourth-order valence-corrected chi connectivity index (χ4v) is 3.98. The van der Waals surface area contributed by atoms with E-state index >= 15 is 0 Å². The van der Waals surface area contributed by atoms with Crippen LogP contribution in [0.5, 0.6) is 0 Å². The van der Waals surface area contributed by atoms with Crippen LogP contribution in [0.2, 0.25) is 5.02 Å². The number of nitrogens with one attached hydrogen (secondary N) is 1. The second-order valence-electron chi connectivity index (χ2n) is 8.00. The number of halogens is 1. The molecule has 1 aliphatic heterocycles. The molecule has 0 aliphatic carbocycles. The van der Waals surface area contributed by atoms with Gasteiger partial charge in [0.15, 0.2) is 0 Å². The van der Waals surface area contributed by atoms with Crippen molar-refractivity contribution in [2.45, 2.75) is 38.5 Å².